The largest absolute Gasteiger partial charge is 0.481 e. The Morgan fingerprint density at radius 3 is 2.53 bits per heavy atom. The molecule has 1 amide bonds. The van der Waals surface area contributed by atoms with E-state index in [1.807, 2.05) is 6.07 Å². The van der Waals surface area contributed by atoms with Gasteiger partial charge in [0.25, 0.3) is 5.91 Å². The molecule has 2 aromatic heterocycles. The SMILES string of the molecule is CCc1ccc(C2CC(N3CCN(c4ccc(C(=O)NC)nc4)CC3)C2)nc1OC. The Morgan fingerprint density at radius 2 is 1.93 bits per heavy atom. The molecular formula is C23H31N5O2. The highest BCUT2D eigenvalue weighted by Gasteiger charge is 2.36. The van der Waals surface area contributed by atoms with Crippen molar-refractivity contribution in [2.45, 2.75) is 38.1 Å². The van der Waals surface area contributed by atoms with Gasteiger partial charge in [0, 0.05) is 56.4 Å². The van der Waals surface area contributed by atoms with E-state index in [9.17, 15) is 4.79 Å². The number of anilines is 1. The van der Waals surface area contributed by atoms with E-state index in [2.05, 4.69) is 39.2 Å². The van der Waals surface area contributed by atoms with Crippen LogP contribution in [0.5, 0.6) is 5.88 Å². The number of hydrogen-bond donors (Lipinski definition) is 1. The number of carbonyl (C=O) groups excluding carboxylic acids is 1. The van der Waals surface area contributed by atoms with Crippen LogP contribution in [-0.4, -0.2) is 67.2 Å². The Balaban J connectivity index is 1.28. The average molecular weight is 410 g/mol. The van der Waals surface area contributed by atoms with Crippen LogP contribution in [-0.2, 0) is 6.42 Å². The fourth-order valence-corrected chi connectivity index (χ4v) is 4.46. The molecule has 4 rings (SSSR count). The molecule has 0 atom stereocenters. The number of piperazine rings is 1. The van der Waals surface area contributed by atoms with Crippen LogP contribution in [0.3, 0.4) is 0 Å². The van der Waals surface area contributed by atoms with Gasteiger partial charge in [0.05, 0.1) is 19.0 Å². The molecule has 1 aliphatic carbocycles. The highest BCUT2D eigenvalue weighted by Crippen LogP contribution is 2.40. The smallest absolute Gasteiger partial charge is 0.269 e. The molecule has 1 N–H and O–H groups in total. The molecule has 2 aliphatic rings. The Hall–Kier alpha value is -2.67. The maximum atomic E-state index is 11.6. The Kier molecular flexibility index (Phi) is 6.18. The lowest BCUT2D eigenvalue weighted by Gasteiger charge is -2.46. The minimum absolute atomic E-state index is 0.151. The van der Waals surface area contributed by atoms with Crippen molar-refractivity contribution in [2.24, 2.45) is 0 Å². The molecule has 0 spiro atoms. The van der Waals surface area contributed by atoms with Crippen molar-refractivity contribution in [1.82, 2.24) is 20.2 Å². The first-order valence-corrected chi connectivity index (χ1v) is 10.8. The van der Waals surface area contributed by atoms with Crippen LogP contribution in [0, 0.1) is 0 Å². The number of amides is 1. The molecule has 0 radical (unpaired) electrons. The normalized spacial score (nSPS) is 21.8. The molecule has 1 saturated heterocycles. The highest BCUT2D eigenvalue weighted by molar-refractivity contribution is 5.92. The maximum absolute atomic E-state index is 11.6. The Bertz CT molecular complexity index is 872. The van der Waals surface area contributed by atoms with Gasteiger partial charge in [-0.25, -0.2) is 9.97 Å². The summed E-state index contributed by atoms with van der Waals surface area (Å²) in [6.45, 7) is 6.21. The number of pyridine rings is 2. The molecule has 7 nitrogen and oxygen atoms in total. The lowest BCUT2D eigenvalue weighted by atomic mass is 9.76. The lowest BCUT2D eigenvalue weighted by Crippen LogP contribution is -2.53. The second-order valence-electron chi connectivity index (χ2n) is 8.08. The number of methoxy groups -OCH3 is 1. The predicted octanol–water partition coefficient (Wildman–Crippen LogP) is 2.48. The van der Waals surface area contributed by atoms with E-state index < -0.39 is 0 Å². The molecule has 3 heterocycles. The van der Waals surface area contributed by atoms with Crippen molar-refractivity contribution >= 4 is 11.6 Å². The van der Waals surface area contributed by atoms with E-state index in [0.29, 0.717) is 17.7 Å². The van der Waals surface area contributed by atoms with Crippen LogP contribution >= 0.6 is 0 Å². The summed E-state index contributed by atoms with van der Waals surface area (Å²) in [4.78, 5) is 25.7. The summed E-state index contributed by atoms with van der Waals surface area (Å²) in [5, 5.41) is 2.61. The van der Waals surface area contributed by atoms with Crippen LogP contribution in [0.4, 0.5) is 5.69 Å². The van der Waals surface area contributed by atoms with Crippen LogP contribution in [0.1, 0.15) is 47.4 Å². The summed E-state index contributed by atoms with van der Waals surface area (Å²) in [7, 11) is 3.32. The number of aryl methyl sites for hydroxylation is 1. The minimum atomic E-state index is -0.151. The van der Waals surface area contributed by atoms with E-state index >= 15 is 0 Å². The molecule has 0 unspecified atom stereocenters. The third kappa shape index (κ3) is 4.12. The number of aromatic nitrogens is 2. The number of ether oxygens (including phenoxy) is 1. The topological polar surface area (TPSA) is 70.6 Å². The van der Waals surface area contributed by atoms with Gasteiger partial charge in [-0.05, 0) is 37.5 Å². The lowest BCUT2D eigenvalue weighted by molar-refractivity contribution is 0.0958. The van der Waals surface area contributed by atoms with Gasteiger partial charge >= 0.3 is 0 Å². The van der Waals surface area contributed by atoms with Crippen molar-refractivity contribution < 1.29 is 9.53 Å². The molecule has 1 aliphatic heterocycles. The fraction of sp³-hybridized carbons (Fsp3) is 0.522. The zero-order valence-corrected chi connectivity index (χ0v) is 18.1. The second-order valence-corrected chi connectivity index (χ2v) is 8.08. The van der Waals surface area contributed by atoms with E-state index in [4.69, 9.17) is 9.72 Å². The van der Waals surface area contributed by atoms with Crippen LogP contribution in [0.2, 0.25) is 0 Å². The molecule has 30 heavy (non-hydrogen) atoms. The third-order valence-corrected chi connectivity index (χ3v) is 6.47. The Morgan fingerprint density at radius 1 is 1.17 bits per heavy atom. The van der Waals surface area contributed by atoms with Crippen LogP contribution in [0.15, 0.2) is 30.5 Å². The molecule has 1 saturated carbocycles. The van der Waals surface area contributed by atoms with Gasteiger partial charge < -0.3 is 15.0 Å². The highest BCUT2D eigenvalue weighted by atomic mass is 16.5. The summed E-state index contributed by atoms with van der Waals surface area (Å²) < 4.78 is 5.47. The number of nitrogens with one attached hydrogen (secondary N) is 1. The van der Waals surface area contributed by atoms with Gasteiger partial charge in [-0.1, -0.05) is 13.0 Å². The van der Waals surface area contributed by atoms with E-state index in [-0.39, 0.29) is 5.91 Å². The Labute approximate surface area is 178 Å². The van der Waals surface area contributed by atoms with Gasteiger partial charge in [-0.15, -0.1) is 0 Å². The van der Waals surface area contributed by atoms with Gasteiger partial charge in [0.15, 0.2) is 0 Å². The number of carbonyl (C=O) groups is 1. The monoisotopic (exact) mass is 409 g/mol. The number of nitrogens with zero attached hydrogens (tertiary/aromatic N) is 4. The van der Waals surface area contributed by atoms with Crippen molar-refractivity contribution in [1.29, 1.82) is 0 Å². The van der Waals surface area contributed by atoms with Gasteiger partial charge in [-0.2, -0.15) is 0 Å². The molecule has 0 aromatic carbocycles. The summed E-state index contributed by atoms with van der Waals surface area (Å²) >= 11 is 0. The molecular weight excluding hydrogens is 378 g/mol. The zero-order valence-electron chi connectivity index (χ0n) is 18.1. The van der Waals surface area contributed by atoms with E-state index in [1.165, 1.54) is 24.1 Å². The molecule has 2 fully saturated rings. The van der Waals surface area contributed by atoms with Gasteiger partial charge in [-0.3, -0.25) is 9.69 Å². The number of rotatable bonds is 6. The first kappa shape index (κ1) is 20.6. The fourth-order valence-electron chi connectivity index (χ4n) is 4.46. The van der Waals surface area contributed by atoms with Crippen molar-refractivity contribution in [2.75, 3.05) is 45.2 Å². The first-order valence-electron chi connectivity index (χ1n) is 10.8. The van der Waals surface area contributed by atoms with E-state index in [1.54, 1.807) is 26.4 Å². The molecule has 160 valence electrons. The maximum Gasteiger partial charge on any atom is 0.269 e. The van der Waals surface area contributed by atoms with Crippen LogP contribution < -0.4 is 15.0 Å². The predicted molar refractivity (Wildman–Crippen MR) is 117 cm³/mol. The van der Waals surface area contributed by atoms with Crippen molar-refractivity contribution in [3.05, 3.63) is 47.4 Å². The molecule has 7 heteroatoms. The zero-order chi connectivity index (χ0) is 21.1. The summed E-state index contributed by atoms with van der Waals surface area (Å²) in [6, 6.07) is 8.77. The second kappa shape index (κ2) is 9.00. The quantitative estimate of drug-likeness (QED) is 0.790. The summed E-state index contributed by atoms with van der Waals surface area (Å²) in [5.41, 5.74) is 3.88. The first-order chi connectivity index (χ1) is 14.6. The standard InChI is InChI=1S/C23H31N5O2/c1-4-16-5-7-20(26-23(16)30-3)17-13-19(14-17)28-11-9-27(10-12-28)18-6-8-21(25-15-18)22(29)24-2/h5-8,15,17,19H,4,9-14H2,1-3H3,(H,24,29). The average Bonchev–Trinajstić information content (AvgIpc) is 2.78. The number of hydrogen-bond acceptors (Lipinski definition) is 6. The van der Waals surface area contributed by atoms with Gasteiger partial charge in [0.2, 0.25) is 5.88 Å². The van der Waals surface area contributed by atoms with Crippen molar-refractivity contribution in [3.63, 3.8) is 0 Å². The summed E-state index contributed by atoms with van der Waals surface area (Å²) in [5.74, 6) is 1.17. The van der Waals surface area contributed by atoms with Crippen molar-refractivity contribution in [3.8, 4) is 5.88 Å². The summed E-state index contributed by atoms with van der Waals surface area (Å²) in [6.07, 6.45) is 5.09. The molecule has 0 bridgehead atoms. The molecule has 2 aromatic rings. The minimum Gasteiger partial charge on any atom is -0.481 e. The van der Waals surface area contributed by atoms with Gasteiger partial charge in [0.1, 0.15) is 5.69 Å². The van der Waals surface area contributed by atoms with Crippen LogP contribution in [0.25, 0.3) is 0 Å². The van der Waals surface area contributed by atoms with E-state index in [0.717, 1.165) is 44.2 Å². The third-order valence-electron chi connectivity index (χ3n) is 6.47.